The zero-order valence-corrected chi connectivity index (χ0v) is 11.7. The summed E-state index contributed by atoms with van der Waals surface area (Å²) in [5, 5.41) is 13.9. The smallest absolute Gasteiger partial charge is 0.314 e. The van der Waals surface area contributed by atoms with E-state index in [-0.39, 0.29) is 12.6 Å². The summed E-state index contributed by atoms with van der Waals surface area (Å²) < 4.78 is 0. The van der Waals surface area contributed by atoms with Crippen LogP contribution >= 0.6 is 0 Å². The molecule has 2 amide bonds. The molecule has 0 spiro atoms. The molecule has 0 bridgehead atoms. The van der Waals surface area contributed by atoms with Crippen LogP contribution in [-0.2, 0) is 4.79 Å². The second-order valence-electron chi connectivity index (χ2n) is 4.61. The first-order valence-corrected chi connectivity index (χ1v) is 6.33. The van der Waals surface area contributed by atoms with E-state index in [1.165, 1.54) is 0 Å². The molecule has 2 unspecified atom stereocenters. The first kappa shape index (κ1) is 16.7. The number of nitrogens with zero attached hydrogens (tertiary/aromatic N) is 1. The van der Waals surface area contributed by atoms with Gasteiger partial charge in [-0.3, -0.25) is 4.79 Å². The Morgan fingerprint density at radius 3 is 2.39 bits per heavy atom. The summed E-state index contributed by atoms with van der Waals surface area (Å²) in [5.74, 6) is -1.48. The summed E-state index contributed by atoms with van der Waals surface area (Å²) >= 11 is 0. The van der Waals surface area contributed by atoms with Gasteiger partial charge in [-0.1, -0.05) is 13.8 Å². The molecular formula is C12H25N3O3. The molecule has 0 saturated carbocycles. The molecule has 18 heavy (non-hydrogen) atoms. The van der Waals surface area contributed by atoms with Gasteiger partial charge in [-0.2, -0.15) is 0 Å². The van der Waals surface area contributed by atoms with Crippen LogP contribution in [0.25, 0.3) is 0 Å². The van der Waals surface area contributed by atoms with Crippen LogP contribution in [0.1, 0.15) is 27.2 Å². The maximum absolute atomic E-state index is 11.4. The second kappa shape index (κ2) is 8.74. The molecule has 0 rings (SSSR count). The minimum atomic E-state index is -0.910. The predicted molar refractivity (Wildman–Crippen MR) is 70.6 cm³/mol. The summed E-state index contributed by atoms with van der Waals surface area (Å²) in [6, 6.07) is 0.169. The number of hydrogen-bond donors (Lipinski definition) is 3. The first-order valence-electron chi connectivity index (χ1n) is 6.33. The van der Waals surface area contributed by atoms with E-state index in [1.807, 2.05) is 7.05 Å². The molecule has 0 heterocycles. The second-order valence-corrected chi connectivity index (χ2v) is 4.61. The maximum atomic E-state index is 11.4. The quantitative estimate of drug-likeness (QED) is 0.600. The average Bonchev–Trinajstić information content (AvgIpc) is 2.34. The minimum absolute atomic E-state index is 0.141. The van der Waals surface area contributed by atoms with Gasteiger partial charge in [-0.15, -0.1) is 0 Å². The molecule has 0 aliphatic heterocycles. The number of carbonyl (C=O) groups excluding carboxylic acids is 1. The summed E-state index contributed by atoms with van der Waals surface area (Å²) in [5.41, 5.74) is 0. The van der Waals surface area contributed by atoms with Gasteiger partial charge < -0.3 is 20.6 Å². The highest BCUT2D eigenvalue weighted by molar-refractivity contribution is 5.75. The molecular weight excluding hydrogens is 234 g/mol. The van der Waals surface area contributed by atoms with Crippen molar-refractivity contribution in [2.24, 2.45) is 5.92 Å². The molecule has 0 aliphatic rings. The summed E-state index contributed by atoms with van der Waals surface area (Å²) in [6.07, 6.45) is 1.07. The Morgan fingerprint density at radius 1 is 1.28 bits per heavy atom. The van der Waals surface area contributed by atoms with Crippen LogP contribution in [0.4, 0.5) is 4.79 Å². The number of carboxylic acid groups (broad SMARTS) is 1. The number of likely N-dealkylation sites (N-methyl/N-ethyl adjacent to an activating group) is 1. The van der Waals surface area contributed by atoms with Crippen molar-refractivity contribution in [3.63, 3.8) is 0 Å². The van der Waals surface area contributed by atoms with E-state index in [1.54, 1.807) is 6.92 Å². The fourth-order valence-corrected chi connectivity index (χ4v) is 1.27. The van der Waals surface area contributed by atoms with E-state index < -0.39 is 11.9 Å². The van der Waals surface area contributed by atoms with Crippen LogP contribution in [0.15, 0.2) is 0 Å². The zero-order chi connectivity index (χ0) is 14.1. The first-order chi connectivity index (χ1) is 8.38. The largest absolute Gasteiger partial charge is 0.481 e. The third kappa shape index (κ3) is 7.11. The minimum Gasteiger partial charge on any atom is -0.481 e. The van der Waals surface area contributed by atoms with Crippen LogP contribution in [0.2, 0.25) is 0 Å². The number of rotatable bonds is 8. The van der Waals surface area contributed by atoms with Gasteiger partial charge in [-0.05, 0) is 20.4 Å². The lowest BCUT2D eigenvalue weighted by Gasteiger charge is -2.23. The molecule has 0 aromatic heterocycles. The average molecular weight is 259 g/mol. The lowest BCUT2D eigenvalue weighted by Crippen LogP contribution is -2.43. The van der Waals surface area contributed by atoms with E-state index in [9.17, 15) is 9.59 Å². The van der Waals surface area contributed by atoms with Crippen molar-refractivity contribution in [1.82, 2.24) is 15.5 Å². The number of carbonyl (C=O) groups is 2. The van der Waals surface area contributed by atoms with Gasteiger partial charge in [0.15, 0.2) is 0 Å². The van der Waals surface area contributed by atoms with Crippen molar-refractivity contribution in [2.75, 3.05) is 26.7 Å². The highest BCUT2D eigenvalue weighted by Crippen LogP contribution is 1.98. The molecule has 6 heteroatoms. The van der Waals surface area contributed by atoms with Gasteiger partial charge in [0, 0.05) is 25.7 Å². The maximum Gasteiger partial charge on any atom is 0.314 e. The summed E-state index contributed by atoms with van der Waals surface area (Å²) in [6.45, 7) is 7.27. The molecule has 0 aromatic carbocycles. The number of aliphatic carboxylic acids is 1. The molecule has 2 atom stereocenters. The molecule has 0 aliphatic carbocycles. The number of nitrogens with one attached hydrogen (secondary N) is 2. The SMILES string of the molecule is CCC(C)N(C)CCNC(=O)NCC(C)C(=O)O. The third-order valence-corrected chi connectivity index (χ3v) is 3.08. The number of carboxylic acids is 1. The van der Waals surface area contributed by atoms with Crippen LogP contribution in [0, 0.1) is 5.92 Å². The van der Waals surface area contributed by atoms with Crippen molar-refractivity contribution >= 4 is 12.0 Å². The van der Waals surface area contributed by atoms with E-state index in [0.717, 1.165) is 13.0 Å². The van der Waals surface area contributed by atoms with Crippen molar-refractivity contribution in [2.45, 2.75) is 33.2 Å². The normalized spacial score (nSPS) is 14.1. The number of urea groups is 1. The van der Waals surface area contributed by atoms with Crippen LogP contribution < -0.4 is 10.6 Å². The number of hydrogen-bond acceptors (Lipinski definition) is 3. The predicted octanol–water partition coefficient (Wildman–Crippen LogP) is 0.737. The Labute approximate surface area is 109 Å². The van der Waals surface area contributed by atoms with Crippen LogP contribution in [-0.4, -0.2) is 54.7 Å². The van der Waals surface area contributed by atoms with E-state index in [2.05, 4.69) is 29.4 Å². The van der Waals surface area contributed by atoms with Crippen molar-refractivity contribution in [1.29, 1.82) is 0 Å². The Bertz CT molecular complexity index is 271. The Kier molecular flexibility index (Phi) is 8.11. The topological polar surface area (TPSA) is 81.7 Å². The fourth-order valence-electron chi connectivity index (χ4n) is 1.27. The Hall–Kier alpha value is -1.30. The molecule has 3 N–H and O–H groups in total. The van der Waals surface area contributed by atoms with Gasteiger partial charge in [0.2, 0.25) is 0 Å². The van der Waals surface area contributed by atoms with Crippen LogP contribution in [0.3, 0.4) is 0 Å². The van der Waals surface area contributed by atoms with Crippen LogP contribution in [0.5, 0.6) is 0 Å². The molecule has 0 aromatic rings. The molecule has 6 nitrogen and oxygen atoms in total. The fraction of sp³-hybridized carbons (Fsp3) is 0.833. The molecule has 0 fully saturated rings. The van der Waals surface area contributed by atoms with Gasteiger partial charge in [0.25, 0.3) is 0 Å². The lowest BCUT2D eigenvalue weighted by atomic mass is 10.2. The zero-order valence-electron chi connectivity index (χ0n) is 11.7. The van der Waals surface area contributed by atoms with E-state index in [0.29, 0.717) is 12.6 Å². The van der Waals surface area contributed by atoms with E-state index in [4.69, 9.17) is 5.11 Å². The highest BCUT2D eigenvalue weighted by atomic mass is 16.4. The van der Waals surface area contributed by atoms with Gasteiger partial charge >= 0.3 is 12.0 Å². The third-order valence-electron chi connectivity index (χ3n) is 3.08. The Balaban J connectivity index is 3.68. The molecule has 0 radical (unpaired) electrons. The van der Waals surface area contributed by atoms with Gasteiger partial charge in [0.05, 0.1) is 5.92 Å². The summed E-state index contributed by atoms with van der Waals surface area (Å²) in [4.78, 5) is 24.1. The van der Waals surface area contributed by atoms with Crippen molar-refractivity contribution < 1.29 is 14.7 Å². The summed E-state index contributed by atoms with van der Waals surface area (Å²) in [7, 11) is 2.01. The van der Waals surface area contributed by atoms with Gasteiger partial charge in [0.1, 0.15) is 0 Å². The highest BCUT2D eigenvalue weighted by Gasteiger charge is 2.12. The molecule has 0 saturated heterocycles. The van der Waals surface area contributed by atoms with Crippen molar-refractivity contribution in [3.05, 3.63) is 0 Å². The number of amides is 2. The monoisotopic (exact) mass is 259 g/mol. The lowest BCUT2D eigenvalue weighted by molar-refractivity contribution is -0.140. The Morgan fingerprint density at radius 2 is 1.89 bits per heavy atom. The molecule has 106 valence electrons. The van der Waals surface area contributed by atoms with Gasteiger partial charge in [-0.25, -0.2) is 4.79 Å². The van der Waals surface area contributed by atoms with Crippen molar-refractivity contribution in [3.8, 4) is 0 Å². The van der Waals surface area contributed by atoms with E-state index >= 15 is 0 Å². The standard InChI is InChI=1S/C12H25N3O3/c1-5-10(3)15(4)7-6-13-12(18)14-8-9(2)11(16)17/h9-10H,5-8H2,1-4H3,(H,16,17)(H2,13,14,18).